The molecule has 4 rings (SSSR count). The van der Waals surface area contributed by atoms with Crippen LogP contribution in [0.25, 0.3) is 22.6 Å². The highest BCUT2D eigenvalue weighted by molar-refractivity contribution is 5.86. The summed E-state index contributed by atoms with van der Waals surface area (Å²) in [6, 6.07) is 12.4. The van der Waals surface area contributed by atoms with E-state index >= 15 is 0 Å². The molecule has 0 aliphatic carbocycles. The summed E-state index contributed by atoms with van der Waals surface area (Å²) in [6.45, 7) is 3.70. The lowest BCUT2D eigenvalue weighted by atomic mass is 10.2. The topological polar surface area (TPSA) is 101 Å². The maximum absolute atomic E-state index is 6.25. The summed E-state index contributed by atoms with van der Waals surface area (Å²) in [5, 5.41) is 0. The summed E-state index contributed by atoms with van der Waals surface area (Å²) in [6.07, 6.45) is 5.52. The van der Waals surface area contributed by atoms with Crippen LogP contribution in [0.1, 0.15) is 30.9 Å². The van der Waals surface area contributed by atoms with Crippen molar-refractivity contribution in [1.82, 2.24) is 24.5 Å². The number of nitrogens with two attached hydrogens (primary N) is 1. The molecule has 0 spiro atoms. The lowest BCUT2D eigenvalue weighted by molar-refractivity contribution is 0.184. The molecular weight excluding hydrogens is 392 g/mol. The number of methoxy groups -OCH3 is 1. The van der Waals surface area contributed by atoms with E-state index in [1.807, 2.05) is 28.8 Å². The van der Waals surface area contributed by atoms with Crippen molar-refractivity contribution in [3.63, 3.8) is 0 Å². The van der Waals surface area contributed by atoms with Gasteiger partial charge in [0.05, 0.1) is 19.8 Å². The van der Waals surface area contributed by atoms with Crippen LogP contribution >= 0.6 is 0 Å². The lowest BCUT2D eigenvalue weighted by Crippen LogP contribution is -2.07. The Morgan fingerprint density at radius 2 is 1.87 bits per heavy atom. The van der Waals surface area contributed by atoms with Gasteiger partial charge in [-0.05, 0) is 23.6 Å². The van der Waals surface area contributed by atoms with Gasteiger partial charge in [0.25, 0.3) is 0 Å². The van der Waals surface area contributed by atoms with Crippen LogP contribution in [0.4, 0.5) is 5.82 Å². The summed E-state index contributed by atoms with van der Waals surface area (Å²) < 4.78 is 13.0. The zero-order valence-corrected chi connectivity index (χ0v) is 17.8. The van der Waals surface area contributed by atoms with Crippen LogP contribution in [0.5, 0.6) is 6.01 Å². The summed E-state index contributed by atoms with van der Waals surface area (Å²) in [4.78, 5) is 18.1. The first-order valence-electron chi connectivity index (χ1n) is 10.3. The molecule has 160 valence electrons. The van der Waals surface area contributed by atoms with Gasteiger partial charge in [-0.1, -0.05) is 43.7 Å². The summed E-state index contributed by atoms with van der Waals surface area (Å²) in [5.74, 6) is 1.02. The number of hydrogen-bond acceptors (Lipinski definition) is 7. The fourth-order valence-corrected chi connectivity index (χ4v) is 3.37. The van der Waals surface area contributed by atoms with Gasteiger partial charge in [-0.3, -0.25) is 4.98 Å². The Balaban J connectivity index is 1.85. The molecule has 8 nitrogen and oxygen atoms in total. The number of nitrogen functional groups attached to an aromatic ring is 1. The van der Waals surface area contributed by atoms with Crippen molar-refractivity contribution in [1.29, 1.82) is 0 Å². The van der Waals surface area contributed by atoms with E-state index in [-0.39, 0.29) is 6.01 Å². The zero-order chi connectivity index (χ0) is 21.6. The number of unbranched alkanes of at least 4 members (excludes halogenated alkanes) is 1. The van der Waals surface area contributed by atoms with Crippen LogP contribution in [0.3, 0.4) is 0 Å². The second kappa shape index (κ2) is 9.53. The predicted molar refractivity (Wildman–Crippen MR) is 120 cm³/mol. The molecule has 0 aliphatic heterocycles. The van der Waals surface area contributed by atoms with Crippen molar-refractivity contribution in [2.75, 3.05) is 19.5 Å². The highest BCUT2D eigenvalue weighted by Crippen LogP contribution is 2.29. The minimum Gasteiger partial charge on any atom is -0.463 e. The van der Waals surface area contributed by atoms with Gasteiger partial charge in [-0.2, -0.15) is 9.97 Å². The maximum Gasteiger partial charge on any atom is 0.320 e. The fourth-order valence-electron chi connectivity index (χ4n) is 3.37. The largest absolute Gasteiger partial charge is 0.463 e. The quantitative estimate of drug-likeness (QED) is 0.412. The Morgan fingerprint density at radius 3 is 2.65 bits per heavy atom. The molecule has 0 radical (unpaired) electrons. The SMILES string of the molecule is CCCCOc1nc(N)c2nc(-c3cncc(COC)c3)n(Cc3ccccc3)c2n1. The molecule has 0 aliphatic rings. The molecule has 0 bridgehead atoms. The highest BCUT2D eigenvalue weighted by atomic mass is 16.5. The Bertz CT molecular complexity index is 1160. The van der Waals surface area contributed by atoms with Gasteiger partial charge < -0.3 is 19.8 Å². The number of pyridine rings is 1. The molecule has 3 aromatic heterocycles. The van der Waals surface area contributed by atoms with Crippen LogP contribution in [0.2, 0.25) is 0 Å². The molecule has 1 aromatic carbocycles. The molecule has 0 amide bonds. The first-order valence-corrected chi connectivity index (χ1v) is 10.3. The average Bonchev–Trinajstić information content (AvgIpc) is 3.14. The molecule has 0 saturated heterocycles. The number of fused-ring (bicyclic) bond motifs is 1. The van der Waals surface area contributed by atoms with Gasteiger partial charge in [0.2, 0.25) is 0 Å². The van der Waals surface area contributed by atoms with Gasteiger partial charge in [0, 0.05) is 25.1 Å². The monoisotopic (exact) mass is 418 g/mol. The summed E-state index contributed by atoms with van der Waals surface area (Å²) >= 11 is 0. The number of imidazole rings is 1. The maximum atomic E-state index is 6.25. The second-order valence-electron chi connectivity index (χ2n) is 7.29. The molecular formula is C23H26N6O2. The Morgan fingerprint density at radius 1 is 1.03 bits per heavy atom. The van der Waals surface area contributed by atoms with Gasteiger partial charge >= 0.3 is 6.01 Å². The van der Waals surface area contributed by atoms with E-state index in [1.165, 1.54) is 0 Å². The Kier molecular flexibility index (Phi) is 6.37. The van der Waals surface area contributed by atoms with Crippen LogP contribution in [-0.2, 0) is 17.9 Å². The van der Waals surface area contributed by atoms with E-state index < -0.39 is 0 Å². The van der Waals surface area contributed by atoms with Gasteiger partial charge in [0.15, 0.2) is 17.0 Å². The summed E-state index contributed by atoms with van der Waals surface area (Å²) in [5.41, 5.74) is 10.4. The molecule has 3 heterocycles. The first-order chi connectivity index (χ1) is 15.2. The number of aromatic nitrogens is 5. The molecule has 4 aromatic rings. The minimum atomic E-state index is 0.269. The van der Waals surface area contributed by atoms with E-state index in [0.29, 0.717) is 36.7 Å². The number of anilines is 1. The standard InChI is InChI=1S/C23H26N6O2/c1-3-4-10-31-23-27-20(24)19-22(28-23)29(14-16-8-6-5-7-9-16)21(26-19)18-11-17(15-30-2)12-25-13-18/h5-9,11-13H,3-4,10,14-15H2,1-2H3,(H2,24,27,28). The van der Waals surface area contributed by atoms with Crippen molar-refractivity contribution in [2.24, 2.45) is 0 Å². The molecule has 31 heavy (non-hydrogen) atoms. The number of hydrogen-bond donors (Lipinski definition) is 1. The molecule has 0 unspecified atom stereocenters. The zero-order valence-electron chi connectivity index (χ0n) is 17.8. The minimum absolute atomic E-state index is 0.269. The van der Waals surface area contributed by atoms with Gasteiger partial charge in [-0.25, -0.2) is 4.98 Å². The van der Waals surface area contributed by atoms with Crippen molar-refractivity contribution in [3.8, 4) is 17.4 Å². The van der Waals surface area contributed by atoms with E-state index in [1.54, 1.807) is 19.5 Å². The van der Waals surface area contributed by atoms with E-state index in [2.05, 4.69) is 34.0 Å². The van der Waals surface area contributed by atoms with Gasteiger partial charge in [0.1, 0.15) is 5.82 Å². The molecule has 0 saturated carbocycles. The van der Waals surface area contributed by atoms with E-state index in [4.69, 9.17) is 20.2 Å². The fraction of sp³-hybridized carbons (Fsp3) is 0.304. The van der Waals surface area contributed by atoms with Crippen LogP contribution in [0.15, 0.2) is 48.8 Å². The van der Waals surface area contributed by atoms with Crippen LogP contribution in [-0.4, -0.2) is 38.2 Å². The lowest BCUT2D eigenvalue weighted by Gasteiger charge is -2.10. The Hall–Kier alpha value is -3.52. The third-order valence-electron chi connectivity index (χ3n) is 4.88. The second-order valence-corrected chi connectivity index (χ2v) is 7.29. The normalized spacial score (nSPS) is 11.2. The van der Waals surface area contributed by atoms with Crippen LogP contribution in [0, 0.1) is 0 Å². The summed E-state index contributed by atoms with van der Waals surface area (Å²) in [7, 11) is 1.66. The third kappa shape index (κ3) is 4.64. The Labute approximate surface area is 181 Å². The average molecular weight is 419 g/mol. The first kappa shape index (κ1) is 20.7. The van der Waals surface area contributed by atoms with Gasteiger partial charge in [-0.15, -0.1) is 0 Å². The number of nitrogens with zero attached hydrogens (tertiary/aromatic N) is 5. The number of rotatable bonds is 9. The smallest absolute Gasteiger partial charge is 0.320 e. The van der Waals surface area contributed by atoms with Crippen LogP contribution < -0.4 is 10.5 Å². The van der Waals surface area contributed by atoms with E-state index in [0.717, 1.165) is 35.4 Å². The van der Waals surface area contributed by atoms with E-state index in [9.17, 15) is 0 Å². The van der Waals surface area contributed by atoms with Crippen molar-refractivity contribution < 1.29 is 9.47 Å². The molecule has 2 N–H and O–H groups in total. The van der Waals surface area contributed by atoms with Crippen molar-refractivity contribution >= 4 is 17.0 Å². The molecule has 8 heteroatoms. The predicted octanol–water partition coefficient (Wildman–Crippen LogP) is 3.84. The molecule has 0 fully saturated rings. The number of ether oxygens (including phenoxy) is 2. The number of benzene rings is 1. The van der Waals surface area contributed by atoms with Crippen molar-refractivity contribution in [2.45, 2.75) is 32.9 Å². The van der Waals surface area contributed by atoms with Crippen molar-refractivity contribution in [3.05, 3.63) is 59.9 Å². The molecule has 0 atom stereocenters. The third-order valence-corrected chi connectivity index (χ3v) is 4.88. The highest BCUT2D eigenvalue weighted by Gasteiger charge is 2.19.